The van der Waals surface area contributed by atoms with Gasteiger partial charge >= 0.3 is 0 Å². The maximum absolute atomic E-state index is 13.6. The van der Waals surface area contributed by atoms with Gasteiger partial charge in [-0.3, -0.25) is 4.79 Å². The van der Waals surface area contributed by atoms with Crippen molar-refractivity contribution in [1.29, 1.82) is 0 Å². The fraction of sp³-hybridized carbons (Fsp3) is 0. The van der Waals surface area contributed by atoms with Crippen LogP contribution in [-0.4, -0.2) is 5.78 Å². The van der Waals surface area contributed by atoms with Gasteiger partial charge in [-0.1, -0.05) is 11.6 Å². The summed E-state index contributed by atoms with van der Waals surface area (Å²) in [5.74, 6) is -2.81. The molecule has 2 rings (SSSR count). The zero-order chi connectivity index (χ0) is 12.6. The minimum atomic E-state index is -1.06. The zero-order valence-electron chi connectivity index (χ0n) is 8.34. The highest BCUT2D eigenvalue weighted by atomic mass is 35.5. The van der Waals surface area contributed by atoms with Crippen molar-refractivity contribution in [2.75, 3.05) is 5.73 Å². The van der Waals surface area contributed by atoms with Crippen LogP contribution in [0.4, 0.5) is 14.5 Å². The summed E-state index contributed by atoms with van der Waals surface area (Å²) in [7, 11) is 0. The third-order valence-electron chi connectivity index (χ3n) is 2.17. The zero-order valence-corrected chi connectivity index (χ0v) is 9.91. The van der Waals surface area contributed by atoms with E-state index in [1.165, 1.54) is 6.07 Å². The summed E-state index contributed by atoms with van der Waals surface area (Å²) in [5.41, 5.74) is 4.35. The Balaban J connectivity index is 2.59. The minimum absolute atomic E-state index is 0.0927. The number of carbonyl (C=O) groups excluding carboxylic acids is 1. The third kappa shape index (κ3) is 2.03. The van der Waals surface area contributed by atoms with E-state index in [1.807, 2.05) is 0 Å². The molecular weight excluding hydrogens is 268 g/mol. The van der Waals surface area contributed by atoms with Crippen LogP contribution < -0.4 is 5.73 Å². The summed E-state index contributed by atoms with van der Waals surface area (Å²) in [6, 6.07) is 3.51. The highest BCUT2D eigenvalue weighted by Crippen LogP contribution is 2.28. The molecule has 0 atom stereocenters. The molecule has 2 N–H and O–H groups in total. The van der Waals surface area contributed by atoms with E-state index in [-0.39, 0.29) is 15.6 Å². The second kappa shape index (κ2) is 4.43. The van der Waals surface area contributed by atoms with Crippen LogP contribution in [0.15, 0.2) is 23.6 Å². The van der Waals surface area contributed by atoms with Crippen molar-refractivity contribution >= 4 is 34.4 Å². The van der Waals surface area contributed by atoms with Gasteiger partial charge in [-0.25, -0.2) is 8.78 Å². The number of ketones is 1. The maximum atomic E-state index is 13.6. The second-order valence-electron chi connectivity index (χ2n) is 3.25. The lowest BCUT2D eigenvalue weighted by Gasteiger charge is -2.05. The summed E-state index contributed by atoms with van der Waals surface area (Å²) in [6.45, 7) is 0. The second-order valence-corrected chi connectivity index (χ2v) is 4.58. The Morgan fingerprint density at radius 2 is 2.00 bits per heavy atom. The molecule has 0 radical (unpaired) electrons. The standard InChI is InChI=1S/C11H6ClF2NOS/c12-5-3-4-17-11(5)10(16)8-6(13)1-2-7(15)9(8)14/h1-4H,15H2. The monoisotopic (exact) mass is 273 g/mol. The van der Waals surface area contributed by atoms with Gasteiger partial charge in [-0.2, -0.15) is 0 Å². The SMILES string of the molecule is Nc1ccc(F)c(C(=O)c2sccc2Cl)c1F. The highest BCUT2D eigenvalue weighted by Gasteiger charge is 2.23. The fourth-order valence-corrected chi connectivity index (χ4v) is 2.43. The van der Waals surface area contributed by atoms with Crippen molar-refractivity contribution in [3.05, 3.63) is 50.7 Å². The Morgan fingerprint density at radius 1 is 1.29 bits per heavy atom. The molecular formula is C11H6ClF2NOS. The Labute approximate surface area is 105 Å². The molecule has 0 saturated heterocycles. The predicted molar refractivity (Wildman–Crippen MR) is 63.5 cm³/mol. The predicted octanol–water partition coefficient (Wildman–Crippen LogP) is 3.49. The van der Waals surface area contributed by atoms with Crippen molar-refractivity contribution in [1.82, 2.24) is 0 Å². The summed E-state index contributed by atoms with van der Waals surface area (Å²) in [4.78, 5) is 12.0. The number of nitrogen functional groups attached to an aromatic ring is 1. The number of anilines is 1. The number of thiophene rings is 1. The van der Waals surface area contributed by atoms with Crippen molar-refractivity contribution in [3.8, 4) is 0 Å². The molecule has 17 heavy (non-hydrogen) atoms. The molecule has 0 aliphatic rings. The molecule has 2 nitrogen and oxygen atoms in total. The van der Waals surface area contributed by atoms with Crippen LogP contribution in [0.2, 0.25) is 5.02 Å². The van der Waals surface area contributed by atoms with Crippen LogP contribution in [0.3, 0.4) is 0 Å². The molecule has 0 spiro atoms. The van der Waals surface area contributed by atoms with Gasteiger partial charge in [0.2, 0.25) is 5.78 Å². The Hall–Kier alpha value is -1.46. The van der Waals surface area contributed by atoms with Crippen LogP contribution in [0.25, 0.3) is 0 Å². The van der Waals surface area contributed by atoms with Gasteiger partial charge in [-0.05, 0) is 23.6 Å². The molecule has 0 aliphatic carbocycles. The molecule has 0 bridgehead atoms. The van der Waals surface area contributed by atoms with Gasteiger partial charge in [0.05, 0.1) is 21.2 Å². The number of nitrogens with two attached hydrogens (primary N) is 1. The lowest BCUT2D eigenvalue weighted by atomic mass is 10.1. The summed E-state index contributed by atoms with van der Waals surface area (Å²) < 4.78 is 27.1. The van der Waals surface area contributed by atoms with Crippen molar-refractivity contribution in [2.24, 2.45) is 0 Å². The molecule has 1 heterocycles. The van der Waals surface area contributed by atoms with E-state index >= 15 is 0 Å². The molecule has 0 saturated carbocycles. The molecule has 1 aromatic heterocycles. The number of carbonyl (C=O) groups is 1. The number of hydrogen-bond acceptors (Lipinski definition) is 3. The summed E-state index contributed by atoms with van der Waals surface area (Å²) >= 11 is 6.76. The molecule has 88 valence electrons. The largest absolute Gasteiger partial charge is 0.396 e. The molecule has 1 aromatic carbocycles. The van der Waals surface area contributed by atoms with Crippen LogP contribution in [0.5, 0.6) is 0 Å². The van der Waals surface area contributed by atoms with Gasteiger partial charge in [0.15, 0.2) is 5.82 Å². The van der Waals surface area contributed by atoms with E-state index in [0.29, 0.717) is 0 Å². The van der Waals surface area contributed by atoms with Crippen LogP contribution in [0.1, 0.15) is 15.2 Å². The minimum Gasteiger partial charge on any atom is -0.396 e. The van der Waals surface area contributed by atoms with E-state index in [1.54, 1.807) is 5.38 Å². The number of rotatable bonds is 2. The smallest absolute Gasteiger partial charge is 0.210 e. The molecule has 0 aliphatic heterocycles. The molecule has 0 unspecified atom stereocenters. The number of hydrogen-bond donors (Lipinski definition) is 1. The maximum Gasteiger partial charge on any atom is 0.210 e. The van der Waals surface area contributed by atoms with Crippen LogP contribution >= 0.6 is 22.9 Å². The fourth-order valence-electron chi connectivity index (χ4n) is 1.35. The Kier molecular flexibility index (Phi) is 3.13. The van der Waals surface area contributed by atoms with Gasteiger partial charge in [0.1, 0.15) is 5.82 Å². The number of benzene rings is 1. The normalized spacial score (nSPS) is 10.5. The first kappa shape index (κ1) is 12.0. The van der Waals surface area contributed by atoms with E-state index in [2.05, 4.69) is 0 Å². The highest BCUT2D eigenvalue weighted by molar-refractivity contribution is 7.13. The summed E-state index contributed by atoms with van der Waals surface area (Å²) in [5, 5.41) is 1.73. The average molecular weight is 274 g/mol. The van der Waals surface area contributed by atoms with E-state index in [4.69, 9.17) is 17.3 Å². The molecule has 0 fully saturated rings. The average Bonchev–Trinajstić information content (AvgIpc) is 2.70. The number of halogens is 3. The summed E-state index contributed by atoms with van der Waals surface area (Å²) in [6.07, 6.45) is 0. The van der Waals surface area contributed by atoms with Crippen LogP contribution in [0, 0.1) is 11.6 Å². The molecule has 0 amide bonds. The van der Waals surface area contributed by atoms with Gasteiger partial charge in [-0.15, -0.1) is 11.3 Å². The van der Waals surface area contributed by atoms with Crippen molar-refractivity contribution in [3.63, 3.8) is 0 Å². The van der Waals surface area contributed by atoms with Gasteiger partial charge in [0.25, 0.3) is 0 Å². The Bertz CT molecular complexity index is 597. The quantitative estimate of drug-likeness (QED) is 0.672. The molecule has 6 heteroatoms. The Morgan fingerprint density at radius 3 is 2.59 bits per heavy atom. The molecule has 2 aromatic rings. The van der Waals surface area contributed by atoms with Gasteiger partial charge in [0, 0.05) is 0 Å². The lowest BCUT2D eigenvalue weighted by molar-refractivity contribution is 0.103. The lowest BCUT2D eigenvalue weighted by Crippen LogP contribution is -2.08. The first-order valence-electron chi connectivity index (χ1n) is 4.53. The third-order valence-corrected chi connectivity index (χ3v) is 3.51. The van der Waals surface area contributed by atoms with Gasteiger partial charge < -0.3 is 5.73 Å². The van der Waals surface area contributed by atoms with Crippen LogP contribution in [-0.2, 0) is 0 Å². The van der Waals surface area contributed by atoms with Crippen molar-refractivity contribution in [2.45, 2.75) is 0 Å². The van der Waals surface area contributed by atoms with E-state index in [0.717, 1.165) is 23.5 Å². The van der Waals surface area contributed by atoms with E-state index < -0.39 is 23.0 Å². The van der Waals surface area contributed by atoms with E-state index in [9.17, 15) is 13.6 Å². The first-order valence-corrected chi connectivity index (χ1v) is 5.79. The topological polar surface area (TPSA) is 43.1 Å². The first-order chi connectivity index (χ1) is 8.02. The van der Waals surface area contributed by atoms with Crippen molar-refractivity contribution < 1.29 is 13.6 Å².